The summed E-state index contributed by atoms with van der Waals surface area (Å²) in [6.45, 7) is 2.19. The molecule has 0 aliphatic heterocycles. The van der Waals surface area contributed by atoms with E-state index >= 15 is 0 Å². The van der Waals surface area contributed by atoms with E-state index in [9.17, 15) is 14.4 Å². The average molecular weight is 274 g/mol. The first-order valence-corrected chi connectivity index (χ1v) is 8.03. The molecular weight excluding hydrogens is 252 g/mol. The summed E-state index contributed by atoms with van der Waals surface area (Å²) in [4.78, 5) is 36.5. The van der Waals surface area contributed by atoms with Gasteiger partial charge >= 0.3 is 0 Å². The van der Waals surface area contributed by atoms with Gasteiger partial charge in [-0.2, -0.15) is 0 Å². The zero-order valence-electron chi connectivity index (χ0n) is 12.1. The minimum absolute atomic E-state index is 0.0726. The van der Waals surface area contributed by atoms with Gasteiger partial charge in [0.15, 0.2) is 0 Å². The molecule has 108 valence electrons. The first-order chi connectivity index (χ1) is 9.46. The van der Waals surface area contributed by atoms with E-state index in [0.717, 1.165) is 32.1 Å². The third-order valence-corrected chi connectivity index (χ3v) is 7.27. The number of hydrogen-bond donors (Lipinski definition) is 0. The lowest BCUT2D eigenvalue weighted by atomic mass is 9.43. The molecule has 4 aliphatic carbocycles. The van der Waals surface area contributed by atoms with Crippen LogP contribution in [0.4, 0.5) is 0 Å². The third-order valence-electron chi connectivity index (χ3n) is 7.27. The molecular formula is C17H22O3. The van der Waals surface area contributed by atoms with Crippen LogP contribution < -0.4 is 0 Å². The maximum absolute atomic E-state index is 12.4. The fourth-order valence-corrected chi connectivity index (χ4v) is 6.38. The second-order valence-electron chi connectivity index (χ2n) is 7.86. The molecule has 1 unspecified atom stereocenters. The van der Waals surface area contributed by atoms with Gasteiger partial charge in [-0.1, -0.05) is 6.92 Å². The molecule has 0 aromatic rings. The van der Waals surface area contributed by atoms with Gasteiger partial charge < -0.3 is 0 Å². The molecule has 0 heterocycles. The predicted octanol–water partition coefficient (Wildman–Crippen LogP) is 2.71. The summed E-state index contributed by atoms with van der Waals surface area (Å²) in [6.07, 6.45) is 6.31. The van der Waals surface area contributed by atoms with Gasteiger partial charge in [0.25, 0.3) is 0 Å². The summed E-state index contributed by atoms with van der Waals surface area (Å²) >= 11 is 0. The van der Waals surface area contributed by atoms with E-state index < -0.39 is 0 Å². The summed E-state index contributed by atoms with van der Waals surface area (Å²) in [5.74, 6) is 1.60. The lowest BCUT2D eigenvalue weighted by molar-refractivity contribution is -0.160. The van der Waals surface area contributed by atoms with E-state index in [2.05, 4.69) is 6.92 Å². The van der Waals surface area contributed by atoms with Crippen molar-refractivity contribution in [3.63, 3.8) is 0 Å². The fraction of sp³-hybridized carbons (Fsp3) is 0.824. The molecule has 4 saturated carbocycles. The summed E-state index contributed by atoms with van der Waals surface area (Å²) < 4.78 is 0. The van der Waals surface area contributed by atoms with Crippen molar-refractivity contribution < 1.29 is 14.4 Å². The Morgan fingerprint density at radius 3 is 2.70 bits per heavy atom. The molecule has 20 heavy (non-hydrogen) atoms. The molecule has 5 atom stereocenters. The van der Waals surface area contributed by atoms with E-state index in [-0.39, 0.29) is 40.7 Å². The van der Waals surface area contributed by atoms with E-state index in [1.54, 1.807) is 0 Å². The van der Waals surface area contributed by atoms with Gasteiger partial charge in [-0.15, -0.1) is 0 Å². The molecule has 0 aromatic heterocycles. The molecule has 4 fully saturated rings. The zero-order chi connectivity index (χ0) is 14.1. The van der Waals surface area contributed by atoms with Crippen LogP contribution in [-0.4, -0.2) is 17.3 Å². The molecule has 0 radical (unpaired) electrons. The maximum Gasteiger partial charge on any atom is 0.143 e. The van der Waals surface area contributed by atoms with Crippen LogP contribution in [0.5, 0.6) is 0 Å². The van der Waals surface area contributed by atoms with Crippen molar-refractivity contribution in [2.75, 3.05) is 0 Å². The summed E-state index contributed by atoms with van der Waals surface area (Å²) in [6, 6.07) is 0. The Kier molecular flexibility index (Phi) is 2.42. The molecule has 3 nitrogen and oxygen atoms in total. The minimum atomic E-state index is -0.169. The zero-order valence-corrected chi connectivity index (χ0v) is 12.1. The standard InChI is InChI=1S/C17H22O3/c1-16-9-12(18)7-15(20)13(16)3-2-11-6-10-8-17(11,16)5-4-14(10)19/h10-11,13H,2-9H2,1H3/t10?,11-,13-,16-,17+/m0/s1. The lowest BCUT2D eigenvalue weighted by Crippen LogP contribution is -2.57. The van der Waals surface area contributed by atoms with Crippen LogP contribution in [0.1, 0.15) is 58.3 Å². The van der Waals surface area contributed by atoms with Gasteiger partial charge in [0.2, 0.25) is 0 Å². The molecule has 0 aromatic carbocycles. The smallest absolute Gasteiger partial charge is 0.143 e. The highest BCUT2D eigenvalue weighted by Gasteiger charge is 2.66. The van der Waals surface area contributed by atoms with E-state index in [0.29, 0.717) is 24.5 Å². The average Bonchev–Trinajstić information content (AvgIpc) is 2.70. The molecule has 0 saturated heterocycles. The fourth-order valence-electron chi connectivity index (χ4n) is 6.38. The quantitative estimate of drug-likeness (QED) is 0.638. The van der Waals surface area contributed by atoms with Crippen molar-refractivity contribution in [3.8, 4) is 0 Å². The summed E-state index contributed by atoms with van der Waals surface area (Å²) in [5, 5.41) is 0. The number of rotatable bonds is 0. The molecule has 4 aliphatic rings. The normalized spacial score (nSPS) is 50.9. The number of carbonyl (C=O) groups excluding carboxylic acids is 3. The van der Waals surface area contributed by atoms with Crippen LogP contribution in [0.25, 0.3) is 0 Å². The Balaban J connectivity index is 1.81. The first kappa shape index (κ1) is 12.7. The van der Waals surface area contributed by atoms with E-state index in [1.807, 2.05) is 0 Å². The molecule has 3 heteroatoms. The Morgan fingerprint density at radius 2 is 1.90 bits per heavy atom. The van der Waals surface area contributed by atoms with Crippen molar-refractivity contribution in [3.05, 3.63) is 0 Å². The van der Waals surface area contributed by atoms with Crippen molar-refractivity contribution in [2.24, 2.45) is 28.6 Å². The van der Waals surface area contributed by atoms with Gasteiger partial charge in [-0.25, -0.2) is 0 Å². The SMILES string of the molecule is C[C@]12CC(=O)CC(=O)[C@@H]1CC[C@H]1CC3C[C@]12CCC3=O. The second kappa shape index (κ2) is 3.80. The minimum Gasteiger partial charge on any atom is -0.299 e. The maximum atomic E-state index is 12.4. The Bertz CT molecular complexity index is 522. The number of Topliss-reactive ketones (excluding diaryl/α,β-unsaturated/α-hetero) is 3. The topological polar surface area (TPSA) is 51.2 Å². The summed E-state index contributed by atoms with van der Waals surface area (Å²) in [7, 11) is 0. The van der Waals surface area contributed by atoms with Crippen LogP contribution in [0, 0.1) is 28.6 Å². The Morgan fingerprint density at radius 1 is 1.10 bits per heavy atom. The molecule has 4 rings (SSSR count). The lowest BCUT2D eigenvalue weighted by Gasteiger charge is -2.59. The number of ketones is 3. The monoisotopic (exact) mass is 274 g/mol. The molecule has 1 spiro atoms. The largest absolute Gasteiger partial charge is 0.299 e. The summed E-state index contributed by atoms with van der Waals surface area (Å²) in [5.41, 5.74) is -0.0714. The van der Waals surface area contributed by atoms with Crippen LogP contribution >= 0.6 is 0 Å². The van der Waals surface area contributed by atoms with Gasteiger partial charge in [0.1, 0.15) is 17.3 Å². The highest BCUT2D eigenvalue weighted by atomic mass is 16.2. The van der Waals surface area contributed by atoms with Crippen molar-refractivity contribution in [2.45, 2.75) is 58.3 Å². The van der Waals surface area contributed by atoms with Crippen LogP contribution in [0.3, 0.4) is 0 Å². The van der Waals surface area contributed by atoms with Gasteiger partial charge in [-0.05, 0) is 48.9 Å². The van der Waals surface area contributed by atoms with Crippen molar-refractivity contribution in [1.82, 2.24) is 0 Å². The van der Waals surface area contributed by atoms with Crippen LogP contribution in [-0.2, 0) is 14.4 Å². The van der Waals surface area contributed by atoms with Crippen LogP contribution in [0.2, 0.25) is 0 Å². The van der Waals surface area contributed by atoms with Gasteiger partial charge in [-0.3, -0.25) is 14.4 Å². The highest BCUT2D eigenvalue weighted by Crippen LogP contribution is 2.70. The van der Waals surface area contributed by atoms with Crippen molar-refractivity contribution >= 4 is 17.3 Å². The number of fused-ring (bicyclic) bond motifs is 2. The van der Waals surface area contributed by atoms with Gasteiger partial charge in [0.05, 0.1) is 6.42 Å². The Hall–Kier alpha value is -0.990. The molecule has 2 bridgehead atoms. The Labute approximate surface area is 119 Å². The molecule has 0 amide bonds. The predicted molar refractivity (Wildman–Crippen MR) is 73.0 cm³/mol. The third kappa shape index (κ3) is 1.34. The van der Waals surface area contributed by atoms with Gasteiger partial charge in [0, 0.05) is 24.7 Å². The van der Waals surface area contributed by atoms with Crippen molar-refractivity contribution in [1.29, 1.82) is 0 Å². The highest BCUT2D eigenvalue weighted by molar-refractivity contribution is 6.03. The number of hydrogen-bond acceptors (Lipinski definition) is 3. The van der Waals surface area contributed by atoms with Crippen LogP contribution in [0.15, 0.2) is 0 Å². The number of carbonyl (C=O) groups is 3. The first-order valence-electron chi connectivity index (χ1n) is 8.03. The van der Waals surface area contributed by atoms with E-state index in [4.69, 9.17) is 0 Å². The second-order valence-corrected chi connectivity index (χ2v) is 7.86. The van der Waals surface area contributed by atoms with E-state index in [1.165, 1.54) is 0 Å². The molecule has 0 N–H and O–H groups in total.